The SMILES string of the molecule is O=C1N=NC(=C2CC2)N1. The zero-order chi connectivity index (χ0) is 6.27. The Bertz CT molecular complexity index is 222. The predicted octanol–water partition coefficient (Wildman–Crippen LogP) is 1.17. The van der Waals surface area contributed by atoms with Gasteiger partial charge in [-0.15, -0.1) is 5.11 Å². The molecule has 2 rings (SSSR count). The van der Waals surface area contributed by atoms with Crippen molar-refractivity contribution < 1.29 is 4.79 Å². The molecule has 0 aromatic heterocycles. The first-order valence-corrected chi connectivity index (χ1v) is 2.81. The summed E-state index contributed by atoms with van der Waals surface area (Å²) < 4.78 is 0. The van der Waals surface area contributed by atoms with Gasteiger partial charge in [-0.25, -0.2) is 4.79 Å². The molecule has 0 saturated heterocycles. The van der Waals surface area contributed by atoms with Gasteiger partial charge in [0.15, 0.2) is 5.82 Å². The number of rotatable bonds is 0. The largest absolute Gasteiger partial charge is 0.365 e. The highest BCUT2D eigenvalue weighted by Crippen LogP contribution is 2.32. The number of allylic oxidation sites excluding steroid dienone is 1. The van der Waals surface area contributed by atoms with Gasteiger partial charge >= 0.3 is 6.03 Å². The Kier molecular flexibility index (Phi) is 0.726. The maximum Gasteiger partial charge on any atom is 0.365 e. The number of carbonyl (C=O) groups excluding carboxylic acids is 1. The van der Waals surface area contributed by atoms with Crippen LogP contribution in [-0.4, -0.2) is 6.03 Å². The van der Waals surface area contributed by atoms with E-state index in [1.807, 2.05) is 0 Å². The number of nitrogens with zero attached hydrogens (tertiary/aromatic N) is 2. The van der Waals surface area contributed by atoms with E-state index in [2.05, 4.69) is 15.5 Å². The van der Waals surface area contributed by atoms with E-state index >= 15 is 0 Å². The Hall–Kier alpha value is -1.19. The third-order valence-electron chi connectivity index (χ3n) is 1.30. The highest BCUT2D eigenvalue weighted by molar-refractivity contribution is 5.78. The molecule has 0 unspecified atom stereocenters. The fourth-order valence-electron chi connectivity index (χ4n) is 0.705. The summed E-state index contributed by atoms with van der Waals surface area (Å²) in [6.07, 6.45) is 2.13. The molecular formula is C5H5N3O. The highest BCUT2D eigenvalue weighted by atomic mass is 16.2. The van der Waals surface area contributed by atoms with E-state index in [0.29, 0.717) is 5.82 Å². The maximum atomic E-state index is 10.4. The fourth-order valence-corrected chi connectivity index (χ4v) is 0.705. The van der Waals surface area contributed by atoms with Gasteiger partial charge in [0.25, 0.3) is 0 Å². The van der Waals surface area contributed by atoms with Gasteiger partial charge in [-0.3, -0.25) is 5.32 Å². The first kappa shape index (κ1) is 4.67. The standard InChI is InChI=1S/C5H5N3O/c9-5-6-4(7-8-5)3-1-2-3/h1-2H2,(H,6,9). The van der Waals surface area contributed by atoms with Gasteiger partial charge in [0.1, 0.15) is 0 Å². The van der Waals surface area contributed by atoms with Crippen molar-refractivity contribution in [3.8, 4) is 0 Å². The molecule has 0 aromatic carbocycles. The Labute approximate surface area is 51.7 Å². The van der Waals surface area contributed by atoms with Crippen LogP contribution in [-0.2, 0) is 0 Å². The van der Waals surface area contributed by atoms with Gasteiger partial charge in [-0.2, -0.15) is 0 Å². The molecule has 2 aliphatic rings. The molecule has 0 radical (unpaired) electrons. The molecule has 0 aromatic rings. The van der Waals surface area contributed by atoms with Crippen molar-refractivity contribution in [1.82, 2.24) is 5.32 Å². The fraction of sp³-hybridized carbons (Fsp3) is 0.400. The lowest BCUT2D eigenvalue weighted by Crippen LogP contribution is -2.10. The molecule has 1 saturated carbocycles. The molecule has 1 aliphatic heterocycles. The second kappa shape index (κ2) is 1.40. The van der Waals surface area contributed by atoms with E-state index in [-0.39, 0.29) is 6.03 Å². The molecule has 4 nitrogen and oxygen atoms in total. The van der Waals surface area contributed by atoms with Crippen LogP contribution in [0, 0.1) is 0 Å². The quantitative estimate of drug-likeness (QED) is 0.516. The van der Waals surface area contributed by atoms with E-state index in [9.17, 15) is 4.79 Å². The first-order valence-electron chi connectivity index (χ1n) is 2.81. The molecule has 1 aliphatic carbocycles. The predicted molar refractivity (Wildman–Crippen MR) is 29.6 cm³/mol. The van der Waals surface area contributed by atoms with Crippen LogP contribution in [0.2, 0.25) is 0 Å². The van der Waals surface area contributed by atoms with Crippen molar-refractivity contribution in [1.29, 1.82) is 0 Å². The monoisotopic (exact) mass is 123 g/mol. The molecular weight excluding hydrogens is 118 g/mol. The molecule has 1 heterocycles. The van der Waals surface area contributed by atoms with Crippen LogP contribution in [0.25, 0.3) is 0 Å². The van der Waals surface area contributed by atoms with Crippen molar-refractivity contribution in [2.75, 3.05) is 0 Å². The number of hydrogen-bond acceptors (Lipinski definition) is 2. The lowest BCUT2D eigenvalue weighted by Gasteiger charge is -1.85. The minimum atomic E-state index is -0.343. The lowest BCUT2D eigenvalue weighted by atomic mass is 10.6. The van der Waals surface area contributed by atoms with Crippen molar-refractivity contribution in [2.24, 2.45) is 10.2 Å². The summed E-state index contributed by atoms with van der Waals surface area (Å²) in [5, 5.41) is 9.44. The zero-order valence-corrected chi connectivity index (χ0v) is 4.72. The van der Waals surface area contributed by atoms with Crippen molar-refractivity contribution in [3.63, 3.8) is 0 Å². The second-order valence-corrected chi connectivity index (χ2v) is 2.08. The van der Waals surface area contributed by atoms with E-state index < -0.39 is 0 Å². The van der Waals surface area contributed by atoms with Gasteiger partial charge in [-0.05, 0) is 18.4 Å². The van der Waals surface area contributed by atoms with Gasteiger partial charge in [0, 0.05) is 0 Å². The highest BCUT2D eigenvalue weighted by Gasteiger charge is 2.22. The summed E-state index contributed by atoms with van der Waals surface area (Å²) in [5.74, 6) is 0.681. The van der Waals surface area contributed by atoms with E-state index in [1.54, 1.807) is 0 Å². The Morgan fingerprint density at radius 3 is 2.56 bits per heavy atom. The van der Waals surface area contributed by atoms with Gasteiger partial charge < -0.3 is 0 Å². The molecule has 1 fully saturated rings. The Morgan fingerprint density at radius 2 is 2.11 bits per heavy atom. The van der Waals surface area contributed by atoms with Crippen molar-refractivity contribution >= 4 is 6.03 Å². The molecule has 1 N–H and O–H groups in total. The third-order valence-corrected chi connectivity index (χ3v) is 1.30. The van der Waals surface area contributed by atoms with Crippen LogP contribution >= 0.6 is 0 Å². The minimum Gasteiger partial charge on any atom is -0.288 e. The Morgan fingerprint density at radius 1 is 1.33 bits per heavy atom. The van der Waals surface area contributed by atoms with E-state index in [1.165, 1.54) is 5.57 Å². The number of carbonyl (C=O) groups is 1. The number of urea groups is 1. The van der Waals surface area contributed by atoms with Crippen LogP contribution in [0.4, 0.5) is 4.79 Å². The second-order valence-electron chi connectivity index (χ2n) is 2.08. The lowest BCUT2D eigenvalue weighted by molar-refractivity contribution is 0.253. The van der Waals surface area contributed by atoms with Crippen LogP contribution in [0.5, 0.6) is 0 Å². The summed E-state index contributed by atoms with van der Waals surface area (Å²) in [4.78, 5) is 10.4. The van der Waals surface area contributed by atoms with E-state index in [0.717, 1.165) is 12.8 Å². The summed E-state index contributed by atoms with van der Waals surface area (Å²) >= 11 is 0. The average molecular weight is 123 g/mol. The number of amides is 2. The van der Waals surface area contributed by atoms with Crippen LogP contribution in [0.3, 0.4) is 0 Å². The van der Waals surface area contributed by atoms with Crippen LogP contribution < -0.4 is 5.32 Å². The Balaban J connectivity index is 2.28. The van der Waals surface area contributed by atoms with Crippen molar-refractivity contribution in [2.45, 2.75) is 12.8 Å². The molecule has 0 bridgehead atoms. The maximum absolute atomic E-state index is 10.4. The summed E-state index contributed by atoms with van der Waals surface area (Å²) in [5.41, 5.74) is 1.21. The topological polar surface area (TPSA) is 53.8 Å². The van der Waals surface area contributed by atoms with Gasteiger partial charge in [0.2, 0.25) is 0 Å². The smallest absolute Gasteiger partial charge is 0.288 e. The summed E-state index contributed by atoms with van der Waals surface area (Å²) in [7, 11) is 0. The molecule has 0 spiro atoms. The first-order chi connectivity index (χ1) is 4.36. The zero-order valence-electron chi connectivity index (χ0n) is 4.72. The van der Waals surface area contributed by atoms with E-state index in [4.69, 9.17) is 0 Å². The van der Waals surface area contributed by atoms with Crippen LogP contribution in [0.1, 0.15) is 12.8 Å². The molecule has 2 amide bonds. The van der Waals surface area contributed by atoms with Crippen molar-refractivity contribution in [3.05, 3.63) is 11.4 Å². The molecule has 4 heteroatoms. The average Bonchev–Trinajstić information content (AvgIpc) is 2.58. The number of hydrogen-bond donors (Lipinski definition) is 1. The molecule has 46 valence electrons. The number of azo groups is 1. The molecule has 9 heavy (non-hydrogen) atoms. The van der Waals surface area contributed by atoms with Crippen LogP contribution in [0.15, 0.2) is 21.6 Å². The van der Waals surface area contributed by atoms with Gasteiger partial charge in [0.05, 0.1) is 0 Å². The summed E-state index contributed by atoms with van der Waals surface area (Å²) in [6, 6.07) is -0.343. The molecule has 0 atom stereocenters. The minimum absolute atomic E-state index is 0.343. The summed E-state index contributed by atoms with van der Waals surface area (Å²) in [6.45, 7) is 0. The van der Waals surface area contributed by atoms with Gasteiger partial charge in [-0.1, -0.05) is 5.11 Å². The number of nitrogens with one attached hydrogen (secondary N) is 1. The third kappa shape index (κ3) is 0.718. The normalized spacial score (nSPS) is 22.9.